The maximum absolute atomic E-state index is 12.5. The van der Waals surface area contributed by atoms with E-state index in [-0.39, 0.29) is 5.91 Å². The Hall–Kier alpha value is -2.36. The number of hydrogen-bond acceptors (Lipinski definition) is 3. The first-order valence-electron chi connectivity index (χ1n) is 8.62. The highest BCUT2D eigenvalue weighted by atomic mass is 16.1. The van der Waals surface area contributed by atoms with Crippen LogP contribution in [-0.4, -0.2) is 24.0 Å². The Morgan fingerprint density at radius 2 is 2.04 bits per heavy atom. The Morgan fingerprint density at radius 1 is 1.21 bits per heavy atom. The summed E-state index contributed by atoms with van der Waals surface area (Å²) in [6.07, 6.45) is 4.21. The molecule has 1 aromatic heterocycles. The van der Waals surface area contributed by atoms with E-state index in [1.54, 1.807) is 6.20 Å². The van der Waals surface area contributed by atoms with Crippen molar-refractivity contribution in [3.05, 3.63) is 53.3 Å². The van der Waals surface area contributed by atoms with Crippen molar-refractivity contribution >= 4 is 17.3 Å². The van der Waals surface area contributed by atoms with E-state index in [4.69, 9.17) is 0 Å². The van der Waals surface area contributed by atoms with E-state index in [0.717, 1.165) is 30.0 Å². The van der Waals surface area contributed by atoms with Gasteiger partial charge >= 0.3 is 0 Å². The first-order chi connectivity index (χ1) is 11.5. The lowest BCUT2D eigenvalue weighted by molar-refractivity contribution is 0.102. The number of nitrogens with one attached hydrogen (secondary N) is 1. The molecular formula is C20H25N3O. The summed E-state index contributed by atoms with van der Waals surface area (Å²) in [5, 5.41) is 2.95. The second kappa shape index (κ2) is 7.04. The van der Waals surface area contributed by atoms with E-state index in [1.165, 1.54) is 18.4 Å². The van der Waals surface area contributed by atoms with Crippen LogP contribution in [0.3, 0.4) is 0 Å². The van der Waals surface area contributed by atoms with Gasteiger partial charge in [-0.1, -0.05) is 13.0 Å². The predicted octanol–water partition coefficient (Wildman–Crippen LogP) is 4.19. The number of anilines is 2. The number of benzene rings is 1. The number of carbonyl (C=O) groups excluding carboxylic acids is 1. The van der Waals surface area contributed by atoms with Crippen molar-refractivity contribution in [3.8, 4) is 0 Å². The van der Waals surface area contributed by atoms with Gasteiger partial charge in [0.1, 0.15) is 5.69 Å². The molecular weight excluding hydrogens is 298 g/mol. The zero-order valence-corrected chi connectivity index (χ0v) is 14.7. The van der Waals surface area contributed by atoms with Crippen LogP contribution in [0.15, 0.2) is 36.5 Å². The Balaban J connectivity index is 1.75. The van der Waals surface area contributed by atoms with Crippen molar-refractivity contribution in [1.29, 1.82) is 0 Å². The normalized spacial score (nSPS) is 17.6. The summed E-state index contributed by atoms with van der Waals surface area (Å²) in [5.74, 6) is 0.532. The van der Waals surface area contributed by atoms with E-state index in [0.29, 0.717) is 11.6 Å². The third-order valence-electron chi connectivity index (χ3n) is 4.76. The fourth-order valence-electron chi connectivity index (χ4n) is 3.18. The quantitative estimate of drug-likeness (QED) is 0.921. The molecule has 1 aliphatic heterocycles. The second-order valence-electron chi connectivity index (χ2n) is 6.85. The summed E-state index contributed by atoms with van der Waals surface area (Å²) in [4.78, 5) is 19.1. The van der Waals surface area contributed by atoms with Gasteiger partial charge in [-0.25, -0.2) is 0 Å². The number of piperidine rings is 1. The molecule has 1 unspecified atom stereocenters. The molecule has 0 saturated carbocycles. The summed E-state index contributed by atoms with van der Waals surface area (Å²) >= 11 is 0. The lowest BCUT2D eigenvalue weighted by Crippen LogP contribution is -2.34. The molecule has 0 bridgehead atoms. The highest BCUT2D eigenvalue weighted by Crippen LogP contribution is 2.23. The van der Waals surface area contributed by atoms with Crippen LogP contribution in [0.2, 0.25) is 0 Å². The molecule has 126 valence electrons. The zero-order valence-electron chi connectivity index (χ0n) is 14.7. The van der Waals surface area contributed by atoms with Gasteiger partial charge < -0.3 is 10.2 Å². The molecule has 2 heterocycles. The minimum absolute atomic E-state index is 0.162. The van der Waals surface area contributed by atoms with Gasteiger partial charge in [-0.15, -0.1) is 0 Å². The smallest absolute Gasteiger partial charge is 0.274 e. The number of rotatable bonds is 3. The van der Waals surface area contributed by atoms with Gasteiger partial charge in [0.25, 0.3) is 5.91 Å². The van der Waals surface area contributed by atoms with Crippen LogP contribution in [0.5, 0.6) is 0 Å². The fraction of sp³-hybridized carbons (Fsp3) is 0.400. The second-order valence-corrected chi connectivity index (χ2v) is 6.85. The molecule has 0 spiro atoms. The number of hydrogen-bond donors (Lipinski definition) is 1. The van der Waals surface area contributed by atoms with E-state index in [9.17, 15) is 4.79 Å². The number of amides is 1. The molecule has 0 radical (unpaired) electrons. The van der Waals surface area contributed by atoms with Crippen LogP contribution < -0.4 is 10.2 Å². The maximum atomic E-state index is 12.5. The van der Waals surface area contributed by atoms with Crippen LogP contribution in [0.1, 0.15) is 41.4 Å². The van der Waals surface area contributed by atoms with Crippen molar-refractivity contribution in [2.24, 2.45) is 5.92 Å². The van der Waals surface area contributed by atoms with Gasteiger partial charge in [0.2, 0.25) is 0 Å². The first kappa shape index (κ1) is 16.5. The molecule has 1 aliphatic rings. The largest absolute Gasteiger partial charge is 0.371 e. The van der Waals surface area contributed by atoms with Crippen LogP contribution >= 0.6 is 0 Å². The monoisotopic (exact) mass is 323 g/mol. The number of pyridine rings is 1. The Labute approximate surface area is 143 Å². The van der Waals surface area contributed by atoms with E-state index >= 15 is 0 Å². The van der Waals surface area contributed by atoms with Crippen molar-refractivity contribution < 1.29 is 4.79 Å². The number of aryl methyl sites for hydroxylation is 2. The summed E-state index contributed by atoms with van der Waals surface area (Å²) in [5.41, 5.74) is 4.73. The Bertz CT molecular complexity index is 741. The molecule has 1 fully saturated rings. The van der Waals surface area contributed by atoms with Gasteiger partial charge in [0.15, 0.2) is 0 Å². The molecule has 1 N–H and O–H groups in total. The molecule has 0 aliphatic carbocycles. The van der Waals surface area contributed by atoms with E-state index in [2.05, 4.69) is 29.0 Å². The van der Waals surface area contributed by atoms with Crippen molar-refractivity contribution in [2.75, 3.05) is 23.3 Å². The highest BCUT2D eigenvalue weighted by molar-refractivity contribution is 6.03. The molecule has 4 nitrogen and oxygen atoms in total. The molecule has 1 amide bonds. The highest BCUT2D eigenvalue weighted by Gasteiger charge is 2.18. The first-order valence-corrected chi connectivity index (χ1v) is 8.62. The van der Waals surface area contributed by atoms with Gasteiger partial charge in [-0.2, -0.15) is 0 Å². The van der Waals surface area contributed by atoms with Crippen LogP contribution in [0.25, 0.3) is 0 Å². The summed E-state index contributed by atoms with van der Waals surface area (Å²) in [7, 11) is 0. The van der Waals surface area contributed by atoms with E-state index < -0.39 is 0 Å². The SMILES string of the molecule is Cc1ccc(NC(=O)c2cc(N3CCCC(C)C3)ccn2)cc1C. The fourth-order valence-corrected chi connectivity index (χ4v) is 3.18. The van der Waals surface area contributed by atoms with Gasteiger partial charge in [0, 0.05) is 30.7 Å². The minimum Gasteiger partial charge on any atom is -0.371 e. The van der Waals surface area contributed by atoms with Crippen LogP contribution in [0, 0.1) is 19.8 Å². The Kier molecular flexibility index (Phi) is 4.84. The maximum Gasteiger partial charge on any atom is 0.274 e. The van der Waals surface area contributed by atoms with Crippen molar-refractivity contribution in [3.63, 3.8) is 0 Å². The summed E-state index contributed by atoms with van der Waals surface area (Å²) in [6.45, 7) is 8.47. The molecule has 1 aromatic carbocycles. The minimum atomic E-state index is -0.162. The van der Waals surface area contributed by atoms with Gasteiger partial charge in [-0.05, 0) is 68.0 Å². The summed E-state index contributed by atoms with van der Waals surface area (Å²) in [6, 6.07) is 9.82. The van der Waals surface area contributed by atoms with Crippen LogP contribution in [-0.2, 0) is 0 Å². The zero-order chi connectivity index (χ0) is 17.1. The number of carbonyl (C=O) groups is 1. The van der Waals surface area contributed by atoms with Crippen molar-refractivity contribution in [1.82, 2.24) is 4.98 Å². The molecule has 2 aromatic rings. The number of aromatic nitrogens is 1. The average Bonchev–Trinajstić information content (AvgIpc) is 2.58. The predicted molar refractivity (Wildman–Crippen MR) is 98.7 cm³/mol. The third-order valence-corrected chi connectivity index (χ3v) is 4.76. The lowest BCUT2D eigenvalue weighted by Gasteiger charge is -2.32. The molecule has 24 heavy (non-hydrogen) atoms. The summed E-state index contributed by atoms with van der Waals surface area (Å²) < 4.78 is 0. The lowest BCUT2D eigenvalue weighted by atomic mass is 10.00. The molecule has 3 rings (SSSR count). The van der Waals surface area contributed by atoms with Crippen molar-refractivity contribution in [2.45, 2.75) is 33.6 Å². The van der Waals surface area contributed by atoms with Crippen LogP contribution in [0.4, 0.5) is 11.4 Å². The third kappa shape index (κ3) is 3.75. The Morgan fingerprint density at radius 3 is 2.79 bits per heavy atom. The topological polar surface area (TPSA) is 45.2 Å². The van der Waals surface area contributed by atoms with E-state index in [1.807, 2.05) is 37.3 Å². The number of nitrogens with zero attached hydrogens (tertiary/aromatic N) is 2. The molecule has 1 atom stereocenters. The molecule has 4 heteroatoms. The molecule has 1 saturated heterocycles. The average molecular weight is 323 g/mol. The van der Waals surface area contributed by atoms with Gasteiger partial charge in [0.05, 0.1) is 0 Å². The standard InChI is InChI=1S/C20H25N3O/c1-14-5-4-10-23(13-14)18-8-9-21-19(12-18)20(24)22-17-7-6-15(2)16(3)11-17/h6-9,11-12,14H,4-5,10,13H2,1-3H3,(H,22,24). The van der Waals surface area contributed by atoms with Gasteiger partial charge in [-0.3, -0.25) is 9.78 Å².